The van der Waals surface area contributed by atoms with Crippen LogP contribution in [0.5, 0.6) is 0 Å². The third kappa shape index (κ3) is 4.33. The number of nitrogens with zero attached hydrogens (tertiary/aromatic N) is 2. The van der Waals surface area contributed by atoms with Crippen molar-refractivity contribution in [3.8, 4) is 0 Å². The van der Waals surface area contributed by atoms with Crippen LogP contribution in [-0.2, 0) is 15.7 Å². The normalized spacial score (nSPS) is 11.1. The first kappa shape index (κ1) is 16.7. The summed E-state index contributed by atoms with van der Waals surface area (Å²) in [6.45, 7) is 1.36. The van der Waals surface area contributed by atoms with Crippen LogP contribution in [0.15, 0.2) is 12.1 Å². The number of rotatable bonds is 5. The zero-order valence-corrected chi connectivity index (χ0v) is 11.4. The van der Waals surface area contributed by atoms with Gasteiger partial charge >= 0.3 is 12.1 Å². The number of likely N-dealkylation sites (N-methyl/N-ethyl adjacent to an activating group) is 1. The molecule has 0 fully saturated rings. The second-order valence-electron chi connectivity index (χ2n) is 4.09. The lowest BCUT2D eigenvalue weighted by atomic mass is 10.2. The van der Waals surface area contributed by atoms with Crippen LogP contribution in [-0.4, -0.2) is 37.1 Å². The van der Waals surface area contributed by atoms with E-state index in [0.717, 1.165) is 11.0 Å². The predicted molar refractivity (Wildman–Crippen MR) is 67.7 cm³/mol. The summed E-state index contributed by atoms with van der Waals surface area (Å²) >= 11 is 0. The number of aromatic nitrogens is 1. The van der Waals surface area contributed by atoms with Crippen molar-refractivity contribution in [1.29, 1.82) is 0 Å². The highest BCUT2D eigenvalue weighted by molar-refractivity contribution is 5.98. The minimum atomic E-state index is -4.67. The Balaban J connectivity index is 3.17. The molecule has 0 unspecified atom stereocenters. The van der Waals surface area contributed by atoms with Gasteiger partial charge in [-0.3, -0.25) is 9.59 Å². The lowest BCUT2D eigenvalue weighted by Crippen LogP contribution is -2.31. The summed E-state index contributed by atoms with van der Waals surface area (Å²) in [5.41, 5.74) is 3.70. The molecule has 1 aromatic heterocycles. The van der Waals surface area contributed by atoms with E-state index in [4.69, 9.17) is 5.73 Å². The highest BCUT2D eigenvalue weighted by Gasteiger charge is 2.34. The number of carbonyl (C=O) groups is 2. The molecule has 0 spiro atoms. The maximum Gasteiger partial charge on any atom is 0.433 e. The molecule has 0 aliphatic rings. The number of nitrogens with two attached hydrogens (primary N) is 1. The third-order valence-electron chi connectivity index (χ3n) is 2.46. The summed E-state index contributed by atoms with van der Waals surface area (Å²) in [6, 6.07) is 1.58. The first-order valence-electron chi connectivity index (χ1n) is 5.91. The van der Waals surface area contributed by atoms with E-state index in [2.05, 4.69) is 9.72 Å². The lowest BCUT2D eigenvalue weighted by Gasteiger charge is -2.20. The molecule has 6 nitrogen and oxygen atoms in total. The quantitative estimate of drug-likeness (QED) is 0.826. The Morgan fingerprint density at radius 1 is 1.38 bits per heavy atom. The Labute approximate surface area is 118 Å². The van der Waals surface area contributed by atoms with Crippen LogP contribution < -0.4 is 10.6 Å². The number of pyridine rings is 1. The van der Waals surface area contributed by atoms with Crippen LogP contribution in [0.1, 0.15) is 23.0 Å². The SMILES string of the molecule is CCOC(=O)CN(C)c1nc(C(F)(F)F)ccc1C(N)=O. The van der Waals surface area contributed by atoms with E-state index in [1.807, 2.05) is 0 Å². The van der Waals surface area contributed by atoms with E-state index < -0.39 is 23.7 Å². The van der Waals surface area contributed by atoms with Gasteiger partial charge in [-0.15, -0.1) is 0 Å². The van der Waals surface area contributed by atoms with Gasteiger partial charge in [0.05, 0.1) is 12.2 Å². The Morgan fingerprint density at radius 2 is 2.00 bits per heavy atom. The van der Waals surface area contributed by atoms with E-state index >= 15 is 0 Å². The molecule has 1 aromatic rings. The summed E-state index contributed by atoms with van der Waals surface area (Å²) in [6.07, 6.45) is -4.67. The fourth-order valence-electron chi connectivity index (χ4n) is 1.56. The fraction of sp³-hybridized carbons (Fsp3) is 0.417. The van der Waals surface area contributed by atoms with Gasteiger partial charge in [-0.05, 0) is 19.1 Å². The Bertz CT molecular complexity index is 546. The molecule has 1 rings (SSSR count). The summed E-state index contributed by atoms with van der Waals surface area (Å²) in [7, 11) is 1.31. The summed E-state index contributed by atoms with van der Waals surface area (Å²) in [4.78, 5) is 27.1. The molecular formula is C12H14F3N3O3. The summed E-state index contributed by atoms with van der Waals surface area (Å²) in [5, 5.41) is 0. The number of halogens is 3. The van der Waals surface area contributed by atoms with Gasteiger partial charge in [0.15, 0.2) is 0 Å². The number of ether oxygens (including phenoxy) is 1. The molecule has 21 heavy (non-hydrogen) atoms. The first-order chi connectivity index (χ1) is 9.66. The average molecular weight is 305 g/mol. The van der Waals surface area contributed by atoms with Crippen LogP contribution >= 0.6 is 0 Å². The smallest absolute Gasteiger partial charge is 0.433 e. The number of esters is 1. The van der Waals surface area contributed by atoms with Crippen molar-refractivity contribution >= 4 is 17.7 Å². The monoisotopic (exact) mass is 305 g/mol. The van der Waals surface area contributed by atoms with Gasteiger partial charge in [0.2, 0.25) is 0 Å². The number of hydrogen-bond acceptors (Lipinski definition) is 5. The number of alkyl halides is 3. The molecule has 2 N–H and O–H groups in total. The van der Waals surface area contributed by atoms with Crippen LogP contribution in [0.3, 0.4) is 0 Å². The Hall–Kier alpha value is -2.32. The molecule has 0 aromatic carbocycles. The standard InChI is InChI=1S/C12H14F3N3O3/c1-3-21-9(19)6-18(2)11-7(10(16)20)4-5-8(17-11)12(13,14)15/h4-5H,3,6H2,1-2H3,(H2,16,20). The Kier molecular flexibility index (Phi) is 5.12. The summed E-state index contributed by atoms with van der Waals surface area (Å²) in [5.74, 6) is -1.93. The number of anilines is 1. The van der Waals surface area contributed by atoms with Crippen LogP contribution in [0.25, 0.3) is 0 Å². The van der Waals surface area contributed by atoms with Crippen molar-refractivity contribution in [2.45, 2.75) is 13.1 Å². The van der Waals surface area contributed by atoms with E-state index in [9.17, 15) is 22.8 Å². The van der Waals surface area contributed by atoms with E-state index in [1.165, 1.54) is 7.05 Å². The van der Waals surface area contributed by atoms with Crippen molar-refractivity contribution in [3.63, 3.8) is 0 Å². The topological polar surface area (TPSA) is 85.5 Å². The molecule has 9 heteroatoms. The van der Waals surface area contributed by atoms with Gasteiger partial charge in [-0.25, -0.2) is 4.98 Å². The summed E-state index contributed by atoms with van der Waals surface area (Å²) < 4.78 is 42.7. The van der Waals surface area contributed by atoms with Crippen molar-refractivity contribution in [1.82, 2.24) is 4.98 Å². The average Bonchev–Trinajstić information content (AvgIpc) is 2.36. The molecule has 0 aliphatic heterocycles. The van der Waals surface area contributed by atoms with Gasteiger partial charge in [0, 0.05) is 7.05 Å². The van der Waals surface area contributed by atoms with Crippen molar-refractivity contribution in [2.24, 2.45) is 5.73 Å². The van der Waals surface area contributed by atoms with Crippen LogP contribution in [0, 0.1) is 0 Å². The molecule has 0 radical (unpaired) electrons. The van der Waals surface area contributed by atoms with Crippen LogP contribution in [0.4, 0.5) is 19.0 Å². The predicted octanol–water partition coefficient (Wildman–Crippen LogP) is 1.20. The van der Waals surface area contributed by atoms with E-state index in [0.29, 0.717) is 6.07 Å². The highest BCUT2D eigenvalue weighted by Crippen LogP contribution is 2.30. The zero-order chi connectivity index (χ0) is 16.2. The van der Waals surface area contributed by atoms with E-state index in [-0.39, 0.29) is 24.5 Å². The molecule has 1 heterocycles. The molecule has 0 saturated carbocycles. The van der Waals surface area contributed by atoms with E-state index in [1.54, 1.807) is 6.92 Å². The highest BCUT2D eigenvalue weighted by atomic mass is 19.4. The molecule has 1 amide bonds. The van der Waals surface area contributed by atoms with Gasteiger partial charge in [0.1, 0.15) is 18.1 Å². The first-order valence-corrected chi connectivity index (χ1v) is 5.91. The molecule has 116 valence electrons. The number of carbonyl (C=O) groups excluding carboxylic acids is 2. The Morgan fingerprint density at radius 3 is 2.48 bits per heavy atom. The van der Waals surface area contributed by atoms with Gasteiger partial charge in [-0.2, -0.15) is 13.2 Å². The van der Waals surface area contributed by atoms with Gasteiger partial charge in [-0.1, -0.05) is 0 Å². The second kappa shape index (κ2) is 6.42. The zero-order valence-electron chi connectivity index (χ0n) is 11.4. The van der Waals surface area contributed by atoms with Crippen molar-refractivity contribution in [2.75, 3.05) is 25.1 Å². The maximum atomic E-state index is 12.7. The second-order valence-corrected chi connectivity index (χ2v) is 4.09. The number of primary amides is 1. The minimum Gasteiger partial charge on any atom is -0.465 e. The largest absolute Gasteiger partial charge is 0.465 e. The van der Waals surface area contributed by atoms with Crippen LogP contribution in [0.2, 0.25) is 0 Å². The van der Waals surface area contributed by atoms with Crippen molar-refractivity contribution in [3.05, 3.63) is 23.4 Å². The minimum absolute atomic E-state index is 0.130. The fourth-order valence-corrected chi connectivity index (χ4v) is 1.56. The lowest BCUT2D eigenvalue weighted by molar-refractivity contribution is -0.141. The van der Waals surface area contributed by atoms with Gasteiger partial charge < -0.3 is 15.4 Å². The molecule has 0 saturated heterocycles. The van der Waals surface area contributed by atoms with Crippen molar-refractivity contribution < 1.29 is 27.5 Å². The molecule has 0 bridgehead atoms. The molecular weight excluding hydrogens is 291 g/mol. The number of amides is 1. The van der Waals surface area contributed by atoms with Gasteiger partial charge in [0.25, 0.3) is 5.91 Å². The maximum absolute atomic E-state index is 12.7. The molecule has 0 aliphatic carbocycles. The molecule has 0 atom stereocenters. The third-order valence-corrected chi connectivity index (χ3v) is 2.46. The number of hydrogen-bond donors (Lipinski definition) is 1.